The average Bonchev–Trinajstić information content (AvgIpc) is 2.75. The lowest BCUT2D eigenvalue weighted by Crippen LogP contribution is -2.01. The lowest BCUT2D eigenvalue weighted by atomic mass is 9.91. The number of nitrogens with zero attached hydrogens (tertiary/aromatic N) is 2. The molecule has 0 fully saturated rings. The largest absolute Gasteiger partial charge is 0.192 e. The van der Waals surface area contributed by atoms with E-state index in [1.807, 2.05) is 48.5 Å². The Morgan fingerprint density at radius 3 is 1.25 bits per heavy atom. The van der Waals surface area contributed by atoms with Crippen molar-refractivity contribution in [1.82, 2.24) is 0 Å². The SMILES string of the molecule is N#Cc1c(CCCc2ccccc2)ccc(CCCc2ccccc2)c1C#N. The zero-order valence-electron chi connectivity index (χ0n) is 16.1. The van der Waals surface area contributed by atoms with Crippen molar-refractivity contribution in [3.63, 3.8) is 0 Å². The summed E-state index contributed by atoms with van der Waals surface area (Å²) < 4.78 is 0. The molecular formula is C26H24N2. The van der Waals surface area contributed by atoms with Crippen LogP contribution in [0.1, 0.15) is 46.2 Å². The second-order valence-electron chi connectivity index (χ2n) is 7.04. The number of hydrogen-bond donors (Lipinski definition) is 0. The van der Waals surface area contributed by atoms with Gasteiger partial charge in [0.05, 0.1) is 11.1 Å². The predicted molar refractivity (Wildman–Crippen MR) is 113 cm³/mol. The van der Waals surface area contributed by atoms with Gasteiger partial charge in [-0.05, 0) is 60.8 Å². The molecule has 0 aliphatic carbocycles. The van der Waals surface area contributed by atoms with Gasteiger partial charge in [0.15, 0.2) is 0 Å². The van der Waals surface area contributed by atoms with Gasteiger partial charge in [0.2, 0.25) is 0 Å². The molecule has 0 saturated heterocycles. The van der Waals surface area contributed by atoms with E-state index in [-0.39, 0.29) is 0 Å². The summed E-state index contributed by atoms with van der Waals surface area (Å²) in [6.07, 6.45) is 5.53. The molecule has 28 heavy (non-hydrogen) atoms. The van der Waals surface area contributed by atoms with Crippen LogP contribution in [-0.4, -0.2) is 0 Å². The van der Waals surface area contributed by atoms with Gasteiger partial charge in [-0.2, -0.15) is 10.5 Å². The van der Waals surface area contributed by atoms with E-state index in [4.69, 9.17) is 0 Å². The Morgan fingerprint density at radius 2 is 0.893 bits per heavy atom. The molecule has 0 radical (unpaired) electrons. The van der Waals surface area contributed by atoms with E-state index >= 15 is 0 Å². The monoisotopic (exact) mass is 364 g/mol. The van der Waals surface area contributed by atoms with Gasteiger partial charge >= 0.3 is 0 Å². The first kappa shape index (κ1) is 19.4. The first-order valence-corrected chi connectivity index (χ1v) is 9.84. The minimum atomic E-state index is 0.563. The van der Waals surface area contributed by atoms with Crippen molar-refractivity contribution >= 4 is 0 Å². The van der Waals surface area contributed by atoms with E-state index in [2.05, 4.69) is 36.4 Å². The van der Waals surface area contributed by atoms with Crippen LogP contribution in [0.5, 0.6) is 0 Å². The van der Waals surface area contributed by atoms with E-state index in [0.29, 0.717) is 11.1 Å². The van der Waals surface area contributed by atoms with Crippen LogP contribution in [0.2, 0.25) is 0 Å². The molecule has 0 heterocycles. The fourth-order valence-corrected chi connectivity index (χ4v) is 3.62. The molecule has 3 aromatic carbocycles. The molecule has 0 N–H and O–H groups in total. The van der Waals surface area contributed by atoms with Crippen LogP contribution in [0.15, 0.2) is 72.8 Å². The molecule has 0 aromatic heterocycles. The van der Waals surface area contributed by atoms with E-state index < -0.39 is 0 Å². The standard InChI is InChI=1S/C26H24N2/c27-19-25-23(15-7-13-21-9-3-1-4-10-21)17-18-24(26(25)20-28)16-8-14-22-11-5-2-6-12-22/h1-6,9-12,17-18H,7-8,13-16H2. The highest BCUT2D eigenvalue weighted by Crippen LogP contribution is 2.22. The molecule has 0 atom stereocenters. The molecule has 3 aromatic rings. The summed E-state index contributed by atoms with van der Waals surface area (Å²) in [6, 6.07) is 29.4. The maximum Gasteiger partial charge on any atom is 0.101 e. The highest BCUT2D eigenvalue weighted by atomic mass is 14.3. The molecule has 0 aliphatic heterocycles. The normalized spacial score (nSPS) is 10.2. The van der Waals surface area contributed by atoms with E-state index in [9.17, 15) is 10.5 Å². The predicted octanol–water partition coefficient (Wildman–Crippen LogP) is 5.78. The summed E-state index contributed by atoms with van der Waals surface area (Å²) in [5, 5.41) is 19.3. The topological polar surface area (TPSA) is 47.6 Å². The summed E-state index contributed by atoms with van der Waals surface area (Å²) in [5.41, 5.74) is 5.71. The van der Waals surface area contributed by atoms with Gasteiger partial charge < -0.3 is 0 Å². The molecule has 0 saturated carbocycles. The maximum absolute atomic E-state index is 9.67. The third-order valence-corrected chi connectivity index (χ3v) is 5.11. The first-order chi connectivity index (χ1) is 13.8. The number of benzene rings is 3. The van der Waals surface area contributed by atoms with E-state index in [0.717, 1.165) is 49.7 Å². The first-order valence-electron chi connectivity index (χ1n) is 9.84. The van der Waals surface area contributed by atoms with Gasteiger partial charge in [-0.25, -0.2) is 0 Å². The number of nitriles is 2. The molecule has 2 heteroatoms. The van der Waals surface area contributed by atoms with Gasteiger partial charge in [0, 0.05) is 0 Å². The quantitative estimate of drug-likeness (QED) is 0.508. The van der Waals surface area contributed by atoms with Crippen molar-refractivity contribution in [2.24, 2.45) is 0 Å². The Hall–Kier alpha value is -3.36. The maximum atomic E-state index is 9.67. The Kier molecular flexibility index (Phi) is 7.00. The fraction of sp³-hybridized carbons (Fsp3) is 0.231. The Bertz CT molecular complexity index is 894. The second kappa shape index (κ2) is 10.1. The number of aryl methyl sites for hydroxylation is 4. The molecule has 0 aliphatic rings. The highest BCUT2D eigenvalue weighted by Gasteiger charge is 2.13. The number of rotatable bonds is 8. The summed E-state index contributed by atoms with van der Waals surface area (Å²) in [5.74, 6) is 0. The summed E-state index contributed by atoms with van der Waals surface area (Å²) >= 11 is 0. The lowest BCUT2D eigenvalue weighted by molar-refractivity contribution is 0.806. The molecule has 0 unspecified atom stereocenters. The zero-order valence-corrected chi connectivity index (χ0v) is 16.1. The van der Waals surface area contributed by atoms with Gasteiger partial charge in [0.25, 0.3) is 0 Å². The van der Waals surface area contributed by atoms with Gasteiger partial charge in [-0.15, -0.1) is 0 Å². The summed E-state index contributed by atoms with van der Waals surface area (Å²) in [7, 11) is 0. The highest BCUT2D eigenvalue weighted by molar-refractivity contribution is 5.54. The van der Waals surface area contributed by atoms with Crippen LogP contribution in [-0.2, 0) is 25.7 Å². The van der Waals surface area contributed by atoms with Crippen molar-refractivity contribution in [3.05, 3.63) is 106 Å². The van der Waals surface area contributed by atoms with E-state index in [1.54, 1.807) is 0 Å². The van der Waals surface area contributed by atoms with Crippen LogP contribution in [0.4, 0.5) is 0 Å². The molecular weight excluding hydrogens is 340 g/mol. The summed E-state index contributed by atoms with van der Waals surface area (Å²) in [6.45, 7) is 0. The third kappa shape index (κ3) is 5.09. The van der Waals surface area contributed by atoms with Crippen molar-refractivity contribution in [1.29, 1.82) is 10.5 Å². The second-order valence-corrected chi connectivity index (χ2v) is 7.04. The summed E-state index contributed by atoms with van der Waals surface area (Å²) in [4.78, 5) is 0. The van der Waals surface area contributed by atoms with Gasteiger partial charge in [-0.1, -0.05) is 72.8 Å². The molecule has 0 amide bonds. The fourth-order valence-electron chi connectivity index (χ4n) is 3.62. The van der Waals surface area contributed by atoms with Crippen molar-refractivity contribution in [2.45, 2.75) is 38.5 Å². The van der Waals surface area contributed by atoms with Crippen LogP contribution in [0.3, 0.4) is 0 Å². The lowest BCUT2D eigenvalue weighted by Gasteiger charge is -2.11. The van der Waals surface area contributed by atoms with Gasteiger partial charge in [0.1, 0.15) is 12.1 Å². The smallest absolute Gasteiger partial charge is 0.101 e. The van der Waals surface area contributed by atoms with Crippen LogP contribution >= 0.6 is 0 Å². The zero-order chi connectivity index (χ0) is 19.6. The molecule has 0 bridgehead atoms. The number of hydrogen-bond acceptors (Lipinski definition) is 2. The average molecular weight is 364 g/mol. The van der Waals surface area contributed by atoms with E-state index in [1.165, 1.54) is 11.1 Å². The van der Waals surface area contributed by atoms with Crippen molar-refractivity contribution in [3.8, 4) is 12.1 Å². The minimum Gasteiger partial charge on any atom is -0.192 e. The van der Waals surface area contributed by atoms with Crippen LogP contribution in [0.25, 0.3) is 0 Å². The molecule has 2 nitrogen and oxygen atoms in total. The molecule has 138 valence electrons. The van der Waals surface area contributed by atoms with Crippen LogP contribution in [0, 0.1) is 22.7 Å². The molecule has 0 spiro atoms. The van der Waals surface area contributed by atoms with Crippen molar-refractivity contribution < 1.29 is 0 Å². The third-order valence-electron chi connectivity index (χ3n) is 5.11. The van der Waals surface area contributed by atoms with Crippen LogP contribution < -0.4 is 0 Å². The molecule has 3 rings (SSSR count). The Labute approximate surface area is 167 Å². The van der Waals surface area contributed by atoms with Crippen molar-refractivity contribution in [2.75, 3.05) is 0 Å². The Morgan fingerprint density at radius 1 is 0.500 bits per heavy atom. The minimum absolute atomic E-state index is 0.563. The Balaban J connectivity index is 1.66. The van der Waals surface area contributed by atoms with Gasteiger partial charge in [-0.3, -0.25) is 0 Å².